The third-order valence-corrected chi connectivity index (χ3v) is 6.30. The first-order chi connectivity index (χ1) is 13.4. The maximum Gasteiger partial charge on any atom is 0.163 e. The van der Waals surface area contributed by atoms with Gasteiger partial charge in [0.15, 0.2) is 24.0 Å². The van der Waals surface area contributed by atoms with E-state index in [-0.39, 0.29) is 5.92 Å². The average Bonchev–Trinajstić information content (AvgIpc) is 3.34. The Morgan fingerprint density at radius 2 is 2.18 bits per heavy atom. The smallest absolute Gasteiger partial charge is 0.163 e. The van der Waals surface area contributed by atoms with Crippen molar-refractivity contribution in [3.8, 4) is 11.5 Å². The molecule has 3 rings (SSSR count). The standard InChI is InChI=1S/C21H31NO6/c1-14(24)21(2)13-22(20(25)10-23)9-17(21)16-4-5-18(26-3)19(8-16)28-12-15-6-7-27-11-15/h4-5,8,10,14-15,17,20,24-25H,6-7,9,11-13H2,1-3H3/t14-,15?,17+,20?,21+/m1/s1. The molecule has 0 spiro atoms. The summed E-state index contributed by atoms with van der Waals surface area (Å²) in [6.45, 7) is 6.69. The number of carbonyl (C=O) groups excluding carboxylic acids is 1. The van der Waals surface area contributed by atoms with Crippen molar-refractivity contribution in [1.29, 1.82) is 0 Å². The van der Waals surface area contributed by atoms with Gasteiger partial charge in [-0.15, -0.1) is 0 Å². The Labute approximate surface area is 166 Å². The molecule has 0 saturated carbocycles. The monoisotopic (exact) mass is 393 g/mol. The van der Waals surface area contributed by atoms with Gasteiger partial charge in [-0.25, -0.2) is 0 Å². The molecule has 1 aromatic rings. The number of aldehydes is 1. The molecule has 7 heteroatoms. The fraction of sp³-hybridized carbons (Fsp3) is 0.667. The first-order valence-electron chi connectivity index (χ1n) is 9.83. The van der Waals surface area contributed by atoms with E-state index in [2.05, 4.69) is 0 Å². The minimum atomic E-state index is -1.17. The number of rotatable bonds is 8. The lowest BCUT2D eigenvalue weighted by Gasteiger charge is -2.34. The van der Waals surface area contributed by atoms with Gasteiger partial charge in [0.2, 0.25) is 0 Å². The van der Waals surface area contributed by atoms with E-state index >= 15 is 0 Å². The molecule has 7 nitrogen and oxygen atoms in total. The summed E-state index contributed by atoms with van der Waals surface area (Å²) in [5, 5.41) is 20.5. The van der Waals surface area contributed by atoms with Gasteiger partial charge in [0.05, 0.1) is 26.4 Å². The Bertz CT molecular complexity index is 675. The highest BCUT2D eigenvalue weighted by Crippen LogP contribution is 2.47. The first kappa shape index (κ1) is 21.0. The number of aliphatic hydroxyl groups is 2. The Morgan fingerprint density at radius 3 is 2.79 bits per heavy atom. The first-order valence-corrected chi connectivity index (χ1v) is 9.83. The van der Waals surface area contributed by atoms with Crippen molar-refractivity contribution in [2.45, 2.75) is 38.5 Å². The fourth-order valence-electron chi connectivity index (χ4n) is 4.20. The maximum atomic E-state index is 11.1. The van der Waals surface area contributed by atoms with Gasteiger partial charge < -0.3 is 24.4 Å². The van der Waals surface area contributed by atoms with Gasteiger partial charge in [-0.05, 0) is 31.0 Å². The van der Waals surface area contributed by atoms with Crippen molar-refractivity contribution in [2.75, 3.05) is 40.0 Å². The van der Waals surface area contributed by atoms with Gasteiger partial charge in [0.25, 0.3) is 0 Å². The number of aliphatic hydroxyl groups excluding tert-OH is 2. The highest BCUT2D eigenvalue weighted by molar-refractivity contribution is 5.55. The quantitative estimate of drug-likeness (QED) is 0.646. The number of carbonyl (C=O) groups is 1. The summed E-state index contributed by atoms with van der Waals surface area (Å²) in [7, 11) is 1.61. The lowest BCUT2D eigenvalue weighted by atomic mass is 9.72. The molecular formula is C21H31NO6. The topological polar surface area (TPSA) is 88.5 Å². The van der Waals surface area contributed by atoms with Crippen LogP contribution in [0.5, 0.6) is 11.5 Å². The second-order valence-corrected chi connectivity index (χ2v) is 8.16. The van der Waals surface area contributed by atoms with Gasteiger partial charge in [-0.3, -0.25) is 9.69 Å². The molecule has 2 aliphatic heterocycles. The van der Waals surface area contributed by atoms with Crippen LogP contribution in [0.2, 0.25) is 0 Å². The van der Waals surface area contributed by atoms with Crippen LogP contribution in [0.25, 0.3) is 0 Å². The Hall–Kier alpha value is -1.67. The van der Waals surface area contributed by atoms with E-state index in [1.54, 1.807) is 18.9 Å². The van der Waals surface area contributed by atoms with Crippen molar-refractivity contribution < 1.29 is 29.2 Å². The molecule has 0 bridgehead atoms. The van der Waals surface area contributed by atoms with E-state index in [0.29, 0.717) is 50.0 Å². The highest BCUT2D eigenvalue weighted by atomic mass is 16.5. The summed E-state index contributed by atoms with van der Waals surface area (Å²) in [6, 6.07) is 5.79. The Balaban J connectivity index is 1.85. The number of nitrogens with zero attached hydrogens (tertiary/aromatic N) is 1. The van der Waals surface area contributed by atoms with E-state index in [1.165, 1.54) is 0 Å². The minimum absolute atomic E-state index is 0.0647. The van der Waals surface area contributed by atoms with Crippen molar-refractivity contribution in [3.63, 3.8) is 0 Å². The lowest BCUT2D eigenvalue weighted by Crippen LogP contribution is -2.39. The number of likely N-dealkylation sites (tertiary alicyclic amines) is 1. The fourth-order valence-corrected chi connectivity index (χ4v) is 4.20. The van der Waals surface area contributed by atoms with Gasteiger partial charge in [0, 0.05) is 36.9 Å². The summed E-state index contributed by atoms with van der Waals surface area (Å²) in [6.07, 6.45) is -0.261. The second-order valence-electron chi connectivity index (χ2n) is 8.16. The minimum Gasteiger partial charge on any atom is -0.493 e. The molecule has 5 atom stereocenters. The summed E-state index contributed by atoms with van der Waals surface area (Å²) in [5.74, 6) is 1.63. The van der Waals surface area contributed by atoms with Crippen LogP contribution in [0.3, 0.4) is 0 Å². The van der Waals surface area contributed by atoms with Gasteiger partial charge in [-0.2, -0.15) is 0 Å². The third-order valence-electron chi connectivity index (χ3n) is 6.30. The van der Waals surface area contributed by atoms with E-state index in [4.69, 9.17) is 14.2 Å². The number of hydrogen-bond acceptors (Lipinski definition) is 7. The molecule has 2 heterocycles. The maximum absolute atomic E-state index is 11.1. The molecular weight excluding hydrogens is 362 g/mol. The predicted octanol–water partition coefficient (Wildman–Crippen LogP) is 1.41. The van der Waals surface area contributed by atoms with Crippen LogP contribution >= 0.6 is 0 Å². The largest absolute Gasteiger partial charge is 0.493 e. The van der Waals surface area contributed by atoms with Crippen molar-refractivity contribution in [1.82, 2.24) is 4.90 Å². The van der Waals surface area contributed by atoms with Crippen molar-refractivity contribution >= 4 is 6.29 Å². The zero-order valence-electron chi connectivity index (χ0n) is 16.8. The van der Waals surface area contributed by atoms with E-state index < -0.39 is 17.7 Å². The van der Waals surface area contributed by atoms with Gasteiger partial charge in [-0.1, -0.05) is 13.0 Å². The summed E-state index contributed by atoms with van der Waals surface area (Å²) >= 11 is 0. The van der Waals surface area contributed by atoms with E-state index in [1.807, 2.05) is 25.1 Å². The van der Waals surface area contributed by atoms with Crippen LogP contribution in [0.4, 0.5) is 0 Å². The van der Waals surface area contributed by atoms with Crippen molar-refractivity contribution in [3.05, 3.63) is 23.8 Å². The molecule has 2 fully saturated rings. The highest BCUT2D eigenvalue weighted by Gasteiger charge is 2.48. The molecule has 2 aliphatic rings. The van der Waals surface area contributed by atoms with Crippen LogP contribution in [0.15, 0.2) is 18.2 Å². The average molecular weight is 393 g/mol. The van der Waals surface area contributed by atoms with Crippen LogP contribution in [0.1, 0.15) is 31.7 Å². The molecule has 0 amide bonds. The third kappa shape index (κ3) is 4.17. The number of hydrogen-bond donors (Lipinski definition) is 2. The zero-order valence-corrected chi connectivity index (χ0v) is 16.8. The summed E-state index contributed by atoms with van der Waals surface area (Å²) in [4.78, 5) is 12.8. The Kier molecular flexibility index (Phi) is 6.60. The molecule has 1 aromatic carbocycles. The van der Waals surface area contributed by atoms with E-state index in [0.717, 1.165) is 18.6 Å². The molecule has 28 heavy (non-hydrogen) atoms. The van der Waals surface area contributed by atoms with Crippen molar-refractivity contribution in [2.24, 2.45) is 11.3 Å². The predicted molar refractivity (Wildman–Crippen MR) is 104 cm³/mol. The van der Waals surface area contributed by atoms with Crippen LogP contribution in [-0.4, -0.2) is 73.8 Å². The van der Waals surface area contributed by atoms with Crippen LogP contribution in [-0.2, 0) is 9.53 Å². The summed E-state index contributed by atoms with van der Waals surface area (Å²) in [5.41, 5.74) is 0.484. The molecule has 156 valence electrons. The lowest BCUT2D eigenvalue weighted by molar-refractivity contribution is -0.123. The zero-order chi connectivity index (χ0) is 20.3. The van der Waals surface area contributed by atoms with Crippen LogP contribution in [0, 0.1) is 11.3 Å². The molecule has 2 saturated heterocycles. The Morgan fingerprint density at radius 1 is 1.39 bits per heavy atom. The normalized spacial score (nSPS) is 30.2. The van der Waals surface area contributed by atoms with E-state index in [9.17, 15) is 15.0 Å². The molecule has 0 aliphatic carbocycles. The number of benzene rings is 1. The van der Waals surface area contributed by atoms with Crippen LogP contribution < -0.4 is 9.47 Å². The van der Waals surface area contributed by atoms with Gasteiger partial charge >= 0.3 is 0 Å². The number of methoxy groups -OCH3 is 1. The second kappa shape index (κ2) is 8.78. The molecule has 0 aromatic heterocycles. The summed E-state index contributed by atoms with van der Waals surface area (Å²) < 4.78 is 16.9. The molecule has 0 radical (unpaired) electrons. The SMILES string of the molecule is COc1ccc([C@@H]2CN(C(O)C=O)C[C@@]2(C)[C@@H](C)O)cc1OCC1CCOC1. The van der Waals surface area contributed by atoms with Gasteiger partial charge in [0.1, 0.15) is 0 Å². The number of ether oxygens (including phenoxy) is 3. The molecule has 2 unspecified atom stereocenters. The molecule has 2 N–H and O–H groups in total.